The van der Waals surface area contributed by atoms with Crippen molar-refractivity contribution in [3.05, 3.63) is 16.6 Å². The molecule has 0 saturated carbocycles. The minimum absolute atomic E-state index is 0.240. The predicted octanol–water partition coefficient (Wildman–Crippen LogP) is 0.498. The van der Waals surface area contributed by atoms with Crippen LogP contribution in [0.1, 0.15) is 17.8 Å². The molecule has 1 heterocycles. The van der Waals surface area contributed by atoms with Crippen molar-refractivity contribution in [2.75, 3.05) is 6.54 Å². The molecule has 3 N–H and O–H groups in total. The van der Waals surface area contributed by atoms with E-state index < -0.39 is 0 Å². The maximum absolute atomic E-state index is 10.4. The lowest BCUT2D eigenvalue weighted by Gasteiger charge is -1.99. The van der Waals surface area contributed by atoms with Gasteiger partial charge in [-0.15, -0.1) is 11.3 Å². The summed E-state index contributed by atoms with van der Waals surface area (Å²) >= 11 is 1.62. The summed E-state index contributed by atoms with van der Waals surface area (Å²) in [6, 6.07) is 0. The monoisotopic (exact) mass is 199 g/mol. The van der Waals surface area contributed by atoms with Gasteiger partial charge in [-0.3, -0.25) is 4.79 Å². The minimum atomic E-state index is -0.240. The van der Waals surface area contributed by atoms with Crippen molar-refractivity contribution >= 4 is 17.2 Å². The van der Waals surface area contributed by atoms with E-state index in [-0.39, 0.29) is 5.91 Å². The Bertz CT molecular complexity index is 248. The molecule has 0 unspecified atom stereocenters. The average Bonchev–Trinajstić information content (AvgIpc) is 2.55. The van der Waals surface area contributed by atoms with Crippen molar-refractivity contribution in [2.24, 2.45) is 5.73 Å². The van der Waals surface area contributed by atoms with Crippen molar-refractivity contribution in [3.63, 3.8) is 0 Å². The molecule has 0 radical (unpaired) electrons. The summed E-state index contributed by atoms with van der Waals surface area (Å²) in [5, 5.41) is 6.20. The van der Waals surface area contributed by atoms with E-state index in [1.165, 1.54) is 0 Å². The lowest BCUT2D eigenvalue weighted by molar-refractivity contribution is -0.118. The number of carbonyl (C=O) groups is 1. The molecule has 0 aromatic carbocycles. The fraction of sp³-hybridized carbons (Fsp3) is 0.500. The van der Waals surface area contributed by atoms with Crippen LogP contribution in [0.4, 0.5) is 0 Å². The Morgan fingerprint density at radius 2 is 2.54 bits per heavy atom. The van der Waals surface area contributed by atoms with Crippen LogP contribution in [-0.2, 0) is 11.3 Å². The van der Waals surface area contributed by atoms with Crippen molar-refractivity contribution in [2.45, 2.75) is 19.4 Å². The van der Waals surface area contributed by atoms with Gasteiger partial charge in [-0.2, -0.15) is 0 Å². The maximum Gasteiger partial charge on any atom is 0.217 e. The highest BCUT2D eigenvalue weighted by Gasteiger charge is 1.95. The second kappa shape index (κ2) is 5.66. The van der Waals surface area contributed by atoms with Crippen molar-refractivity contribution in [1.82, 2.24) is 10.3 Å². The van der Waals surface area contributed by atoms with Crippen LogP contribution in [0.5, 0.6) is 0 Å². The van der Waals surface area contributed by atoms with E-state index >= 15 is 0 Å². The molecular weight excluding hydrogens is 186 g/mol. The summed E-state index contributed by atoms with van der Waals surface area (Å²) in [6.07, 6.45) is 3.02. The summed E-state index contributed by atoms with van der Waals surface area (Å²) in [6.45, 7) is 1.58. The van der Waals surface area contributed by atoms with E-state index in [9.17, 15) is 4.79 Å². The third-order valence-electron chi connectivity index (χ3n) is 1.54. The number of amides is 1. The second-order valence-corrected chi connectivity index (χ2v) is 3.65. The van der Waals surface area contributed by atoms with Crippen molar-refractivity contribution in [3.8, 4) is 0 Å². The first kappa shape index (κ1) is 10.1. The summed E-state index contributed by atoms with van der Waals surface area (Å²) in [4.78, 5) is 14.5. The molecule has 13 heavy (non-hydrogen) atoms. The van der Waals surface area contributed by atoms with E-state index in [2.05, 4.69) is 10.3 Å². The summed E-state index contributed by atoms with van der Waals surface area (Å²) in [5.74, 6) is -0.240. The summed E-state index contributed by atoms with van der Waals surface area (Å²) in [5.41, 5.74) is 4.99. The molecular formula is C8H13N3OS. The van der Waals surface area contributed by atoms with Crippen LogP contribution in [0.15, 0.2) is 11.6 Å². The van der Waals surface area contributed by atoms with Gasteiger partial charge in [0.05, 0.1) is 0 Å². The maximum atomic E-state index is 10.4. The molecule has 0 bridgehead atoms. The molecule has 0 aliphatic carbocycles. The van der Waals surface area contributed by atoms with Gasteiger partial charge in [-0.05, 0) is 13.0 Å². The fourth-order valence-electron chi connectivity index (χ4n) is 0.923. The SMILES string of the molecule is NC(=O)CCCNCc1nccs1. The van der Waals surface area contributed by atoms with E-state index in [0.29, 0.717) is 6.42 Å². The Balaban J connectivity index is 1.99. The molecule has 0 fully saturated rings. The third-order valence-corrected chi connectivity index (χ3v) is 2.32. The summed E-state index contributed by atoms with van der Waals surface area (Å²) < 4.78 is 0. The molecule has 1 rings (SSSR count). The number of nitrogens with two attached hydrogens (primary N) is 1. The zero-order valence-electron chi connectivity index (χ0n) is 7.32. The lowest BCUT2D eigenvalue weighted by Crippen LogP contribution is -2.17. The number of hydrogen-bond acceptors (Lipinski definition) is 4. The van der Waals surface area contributed by atoms with E-state index in [1.807, 2.05) is 5.38 Å². The Labute approximate surface area is 81.2 Å². The van der Waals surface area contributed by atoms with Crippen LogP contribution in [-0.4, -0.2) is 17.4 Å². The zero-order chi connectivity index (χ0) is 9.52. The number of hydrogen-bond donors (Lipinski definition) is 2. The molecule has 0 saturated heterocycles. The fourth-order valence-corrected chi connectivity index (χ4v) is 1.51. The van der Waals surface area contributed by atoms with Gasteiger partial charge in [0.25, 0.3) is 0 Å². The van der Waals surface area contributed by atoms with Gasteiger partial charge in [0.15, 0.2) is 0 Å². The predicted molar refractivity (Wildman–Crippen MR) is 52.2 cm³/mol. The van der Waals surface area contributed by atoms with Gasteiger partial charge in [-0.1, -0.05) is 0 Å². The number of thiazole rings is 1. The molecule has 0 aliphatic heterocycles. The minimum Gasteiger partial charge on any atom is -0.370 e. The Hall–Kier alpha value is -0.940. The number of nitrogens with zero attached hydrogens (tertiary/aromatic N) is 1. The number of primary amides is 1. The molecule has 0 spiro atoms. The molecule has 1 aromatic rings. The van der Waals surface area contributed by atoms with Gasteiger partial charge in [0.1, 0.15) is 5.01 Å². The van der Waals surface area contributed by atoms with Crippen LogP contribution < -0.4 is 11.1 Å². The number of aromatic nitrogens is 1. The van der Waals surface area contributed by atoms with Gasteiger partial charge >= 0.3 is 0 Å². The molecule has 0 atom stereocenters. The van der Waals surface area contributed by atoms with Crippen LogP contribution in [0.3, 0.4) is 0 Å². The first-order valence-corrected chi connectivity index (χ1v) is 5.04. The number of carbonyl (C=O) groups excluding carboxylic acids is 1. The first-order chi connectivity index (χ1) is 6.29. The first-order valence-electron chi connectivity index (χ1n) is 4.16. The molecule has 1 amide bonds. The second-order valence-electron chi connectivity index (χ2n) is 2.67. The Morgan fingerprint density at radius 1 is 1.69 bits per heavy atom. The number of nitrogens with one attached hydrogen (secondary N) is 1. The third kappa shape index (κ3) is 4.59. The van der Waals surface area contributed by atoms with Crippen LogP contribution in [0, 0.1) is 0 Å². The van der Waals surface area contributed by atoms with E-state index in [1.54, 1.807) is 17.5 Å². The van der Waals surface area contributed by atoms with Crippen LogP contribution in [0.25, 0.3) is 0 Å². The van der Waals surface area contributed by atoms with Gasteiger partial charge in [-0.25, -0.2) is 4.98 Å². The molecule has 0 aliphatic rings. The topological polar surface area (TPSA) is 68.0 Å². The highest BCUT2D eigenvalue weighted by molar-refractivity contribution is 7.09. The Morgan fingerprint density at radius 3 is 3.15 bits per heavy atom. The normalized spacial score (nSPS) is 10.2. The highest BCUT2D eigenvalue weighted by Crippen LogP contribution is 2.02. The smallest absolute Gasteiger partial charge is 0.217 e. The van der Waals surface area contributed by atoms with Crippen LogP contribution in [0.2, 0.25) is 0 Å². The average molecular weight is 199 g/mol. The van der Waals surface area contributed by atoms with E-state index in [4.69, 9.17) is 5.73 Å². The van der Waals surface area contributed by atoms with Gasteiger partial charge in [0, 0.05) is 24.5 Å². The van der Waals surface area contributed by atoms with Gasteiger partial charge in [0.2, 0.25) is 5.91 Å². The zero-order valence-corrected chi connectivity index (χ0v) is 8.14. The lowest BCUT2D eigenvalue weighted by atomic mass is 10.3. The number of rotatable bonds is 6. The van der Waals surface area contributed by atoms with E-state index in [0.717, 1.165) is 24.5 Å². The van der Waals surface area contributed by atoms with Crippen molar-refractivity contribution in [1.29, 1.82) is 0 Å². The molecule has 72 valence electrons. The molecule has 5 heteroatoms. The highest BCUT2D eigenvalue weighted by atomic mass is 32.1. The Kier molecular flexibility index (Phi) is 4.42. The largest absolute Gasteiger partial charge is 0.370 e. The molecule has 1 aromatic heterocycles. The van der Waals surface area contributed by atoms with Gasteiger partial charge < -0.3 is 11.1 Å². The van der Waals surface area contributed by atoms with Crippen molar-refractivity contribution < 1.29 is 4.79 Å². The van der Waals surface area contributed by atoms with Crippen LogP contribution >= 0.6 is 11.3 Å². The quantitative estimate of drug-likeness (QED) is 0.655. The molecule has 4 nitrogen and oxygen atoms in total. The standard InChI is InChI=1S/C8H13N3OS/c9-7(12)2-1-3-10-6-8-11-4-5-13-8/h4-5,10H,1-3,6H2,(H2,9,12). The summed E-state index contributed by atoms with van der Waals surface area (Å²) in [7, 11) is 0.